The van der Waals surface area contributed by atoms with Crippen LogP contribution in [-0.2, 0) is 0 Å². The Morgan fingerprint density at radius 2 is 2.25 bits per heavy atom. The number of nitrogens with two attached hydrogens (primary N) is 1. The molecule has 0 aliphatic rings. The molecular formula is C8H14N2OS. The Labute approximate surface area is 76.6 Å². The van der Waals surface area contributed by atoms with Crippen molar-refractivity contribution in [3.8, 4) is 5.19 Å². The molecule has 3 nitrogen and oxygen atoms in total. The minimum absolute atomic E-state index is 0.274. The minimum atomic E-state index is 0.274. The maximum absolute atomic E-state index is 5.56. The van der Waals surface area contributed by atoms with Crippen molar-refractivity contribution in [2.24, 2.45) is 0 Å². The first kappa shape index (κ1) is 9.32. The molecule has 0 aliphatic carbocycles. The topological polar surface area (TPSA) is 48.1 Å². The predicted molar refractivity (Wildman–Crippen MR) is 51.5 cm³/mol. The van der Waals surface area contributed by atoms with Gasteiger partial charge < -0.3 is 10.5 Å². The Kier molecular flexibility index (Phi) is 3.34. The highest BCUT2D eigenvalue weighted by molar-refractivity contribution is 7.17. The Morgan fingerprint density at radius 1 is 1.58 bits per heavy atom. The van der Waals surface area contributed by atoms with Gasteiger partial charge in [-0.05, 0) is 12.8 Å². The van der Waals surface area contributed by atoms with E-state index in [1.54, 1.807) is 6.20 Å². The second-order valence-corrected chi connectivity index (χ2v) is 3.61. The summed E-state index contributed by atoms with van der Waals surface area (Å²) in [5.41, 5.74) is 5.51. The van der Waals surface area contributed by atoms with Crippen LogP contribution in [0.3, 0.4) is 0 Å². The summed E-state index contributed by atoms with van der Waals surface area (Å²) in [6.07, 6.45) is 3.92. The van der Waals surface area contributed by atoms with Crippen molar-refractivity contribution >= 4 is 16.3 Å². The lowest BCUT2D eigenvalue weighted by Gasteiger charge is -2.11. The highest BCUT2D eigenvalue weighted by Gasteiger charge is 2.07. The smallest absolute Gasteiger partial charge is 0.275 e. The second-order valence-electron chi connectivity index (χ2n) is 2.58. The molecule has 0 unspecified atom stereocenters. The van der Waals surface area contributed by atoms with Crippen molar-refractivity contribution in [3.05, 3.63) is 6.20 Å². The molecule has 1 heterocycles. The number of nitrogens with zero attached hydrogens (tertiary/aromatic N) is 1. The first-order chi connectivity index (χ1) is 5.76. The average Bonchev–Trinajstić information content (AvgIpc) is 2.47. The van der Waals surface area contributed by atoms with Gasteiger partial charge in [0.2, 0.25) is 0 Å². The lowest BCUT2D eigenvalue weighted by Crippen LogP contribution is -2.13. The van der Waals surface area contributed by atoms with E-state index in [4.69, 9.17) is 10.5 Å². The normalized spacial score (nSPS) is 10.6. The third-order valence-electron chi connectivity index (χ3n) is 1.68. The Hall–Kier alpha value is -0.770. The van der Waals surface area contributed by atoms with Gasteiger partial charge in [-0.2, -0.15) is 0 Å². The summed E-state index contributed by atoms with van der Waals surface area (Å²) in [6, 6.07) is 0. The highest BCUT2D eigenvalue weighted by atomic mass is 32.1. The molecular weight excluding hydrogens is 172 g/mol. The third kappa shape index (κ3) is 2.37. The van der Waals surface area contributed by atoms with Crippen molar-refractivity contribution in [3.63, 3.8) is 0 Å². The van der Waals surface area contributed by atoms with E-state index in [0.717, 1.165) is 12.8 Å². The van der Waals surface area contributed by atoms with E-state index < -0.39 is 0 Å². The van der Waals surface area contributed by atoms with Crippen LogP contribution in [0.5, 0.6) is 5.19 Å². The SMILES string of the molecule is CCC(CC)Oc1ncc(N)s1. The number of nitrogen functional groups attached to an aromatic ring is 1. The summed E-state index contributed by atoms with van der Waals surface area (Å²) in [4.78, 5) is 4.02. The standard InChI is InChI=1S/C8H14N2OS/c1-3-6(4-2)11-8-10-5-7(9)12-8/h5-6H,3-4,9H2,1-2H3. The summed E-state index contributed by atoms with van der Waals surface area (Å²) in [5.74, 6) is 0. The van der Waals surface area contributed by atoms with E-state index in [1.807, 2.05) is 0 Å². The summed E-state index contributed by atoms with van der Waals surface area (Å²) >= 11 is 1.39. The zero-order valence-electron chi connectivity index (χ0n) is 7.41. The van der Waals surface area contributed by atoms with Gasteiger partial charge in [-0.15, -0.1) is 0 Å². The van der Waals surface area contributed by atoms with Crippen molar-refractivity contribution in [2.75, 3.05) is 5.73 Å². The number of rotatable bonds is 4. The molecule has 0 aromatic carbocycles. The zero-order chi connectivity index (χ0) is 8.97. The lowest BCUT2D eigenvalue weighted by atomic mass is 10.2. The molecule has 0 fully saturated rings. The molecule has 0 aliphatic heterocycles. The maximum Gasteiger partial charge on any atom is 0.275 e. The van der Waals surface area contributed by atoms with Gasteiger partial charge in [0.25, 0.3) is 5.19 Å². The van der Waals surface area contributed by atoms with Crippen LogP contribution >= 0.6 is 11.3 Å². The van der Waals surface area contributed by atoms with Gasteiger partial charge in [0, 0.05) is 0 Å². The van der Waals surface area contributed by atoms with Crippen LogP contribution in [0.4, 0.5) is 5.00 Å². The maximum atomic E-state index is 5.56. The fraction of sp³-hybridized carbons (Fsp3) is 0.625. The molecule has 1 aromatic rings. The Balaban J connectivity index is 2.50. The molecule has 0 radical (unpaired) electrons. The molecule has 2 N–H and O–H groups in total. The lowest BCUT2D eigenvalue weighted by molar-refractivity contribution is 0.192. The largest absolute Gasteiger partial charge is 0.467 e. The molecule has 0 atom stereocenters. The van der Waals surface area contributed by atoms with Crippen LogP contribution in [0.15, 0.2) is 6.20 Å². The van der Waals surface area contributed by atoms with E-state index >= 15 is 0 Å². The van der Waals surface area contributed by atoms with Crippen molar-refractivity contribution in [1.29, 1.82) is 0 Å². The van der Waals surface area contributed by atoms with E-state index in [-0.39, 0.29) is 6.10 Å². The summed E-state index contributed by atoms with van der Waals surface area (Å²) < 4.78 is 5.56. The molecule has 0 saturated heterocycles. The Bertz CT molecular complexity index is 233. The number of ether oxygens (including phenoxy) is 1. The van der Waals surface area contributed by atoms with Crippen LogP contribution < -0.4 is 10.5 Å². The first-order valence-corrected chi connectivity index (χ1v) is 4.95. The Morgan fingerprint density at radius 3 is 2.67 bits per heavy atom. The van der Waals surface area contributed by atoms with Gasteiger partial charge in [0.05, 0.1) is 6.20 Å². The number of hydrogen-bond acceptors (Lipinski definition) is 4. The van der Waals surface area contributed by atoms with Gasteiger partial charge in [-0.25, -0.2) is 4.98 Å². The molecule has 12 heavy (non-hydrogen) atoms. The number of aromatic nitrogens is 1. The van der Waals surface area contributed by atoms with Crippen LogP contribution in [0.1, 0.15) is 26.7 Å². The average molecular weight is 186 g/mol. The van der Waals surface area contributed by atoms with Gasteiger partial charge in [0.15, 0.2) is 0 Å². The third-order valence-corrected chi connectivity index (χ3v) is 2.40. The summed E-state index contributed by atoms with van der Waals surface area (Å²) in [6.45, 7) is 4.20. The quantitative estimate of drug-likeness (QED) is 0.784. The van der Waals surface area contributed by atoms with Gasteiger partial charge in [-0.1, -0.05) is 25.2 Å². The first-order valence-electron chi connectivity index (χ1n) is 4.14. The van der Waals surface area contributed by atoms with E-state index in [1.165, 1.54) is 11.3 Å². The van der Waals surface area contributed by atoms with Gasteiger partial charge in [0.1, 0.15) is 11.1 Å². The molecule has 1 rings (SSSR count). The van der Waals surface area contributed by atoms with Crippen LogP contribution in [0.2, 0.25) is 0 Å². The monoisotopic (exact) mass is 186 g/mol. The second kappa shape index (κ2) is 4.30. The molecule has 0 bridgehead atoms. The van der Waals surface area contributed by atoms with Crippen LogP contribution in [0, 0.1) is 0 Å². The van der Waals surface area contributed by atoms with Crippen LogP contribution in [-0.4, -0.2) is 11.1 Å². The number of anilines is 1. The van der Waals surface area contributed by atoms with Crippen molar-refractivity contribution < 1.29 is 4.74 Å². The predicted octanol–water partition coefficient (Wildman–Crippen LogP) is 2.29. The fourth-order valence-electron chi connectivity index (χ4n) is 0.922. The summed E-state index contributed by atoms with van der Waals surface area (Å²) in [7, 11) is 0. The zero-order valence-corrected chi connectivity index (χ0v) is 8.23. The molecule has 4 heteroatoms. The highest BCUT2D eigenvalue weighted by Crippen LogP contribution is 2.24. The number of hydrogen-bond donors (Lipinski definition) is 1. The minimum Gasteiger partial charge on any atom is -0.467 e. The van der Waals surface area contributed by atoms with E-state index in [0.29, 0.717) is 10.2 Å². The molecule has 0 saturated carbocycles. The molecule has 68 valence electrons. The van der Waals surface area contributed by atoms with E-state index in [2.05, 4.69) is 18.8 Å². The molecule has 0 spiro atoms. The fourth-order valence-corrected chi connectivity index (χ4v) is 1.52. The molecule has 0 amide bonds. The number of thiazole rings is 1. The van der Waals surface area contributed by atoms with E-state index in [9.17, 15) is 0 Å². The van der Waals surface area contributed by atoms with Crippen LogP contribution in [0.25, 0.3) is 0 Å². The van der Waals surface area contributed by atoms with Gasteiger partial charge >= 0.3 is 0 Å². The summed E-state index contributed by atoms with van der Waals surface area (Å²) in [5, 5.41) is 1.39. The van der Waals surface area contributed by atoms with Gasteiger partial charge in [-0.3, -0.25) is 0 Å². The van der Waals surface area contributed by atoms with Crippen molar-refractivity contribution in [2.45, 2.75) is 32.8 Å². The van der Waals surface area contributed by atoms with Crippen molar-refractivity contribution in [1.82, 2.24) is 4.98 Å². The molecule has 1 aromatic heterocycles.